The van der Waals surface area contributed by atoms with Crippen LogP contribution in [0.1, 0.15) is 12.5 Å². The molecule has 1 aromatic carbocycles. The minimum absolute atomic E-state index is 0.206. The van der Waals surface area contributed by atoms with E-state index in [0.29, 0.717) is 12.1 Å². The summed E-state index contributed by atoms with van der Waals surface area (Å²) in [5, 5.41) is 12.0. The Kier molecular flexibility index (Phi) is 3.25. The van der Waals surface area contributed by atoms with E-state index in [-0.39, 0.29) is 5.82 Å². The highest BCUT2D eigenvalue weighted by molar-refractivity contribution is 5.45. The van der Waals surface area contributed by atoms with Crippen LogP contribution in [0, 0.1) is 12.7 Å². The molecule has 0 bridgehead atoms. The van der Waals surface area contributed by atoms with Gasteiger partial charge in [0.05, 0.1) is 6.10 Å². The summed E-state index contributed by atoms with van der Waals surface area (Å²) in [7, 11) is 0. The van der Waals surface area contributed by atoms with Gasteiger partial charge >= 0.3 is 0 Å². The molecule has 3 heteroatoms. The number of hydrogen-bond donors (Lipinski definition) is 2. The van der Waals surface area contributed by atoms with Crippen molar-refractivity contribution in [3.8, 4) is 0 Å². The van der Waals surface area contributed by atoms with Crippen molar-refractivity contribution < 1.29 is 9.50 Å². The Balaban J connectivity index is 2.63. The van der Waals surface area contributed by atoms with Crippen LogP contribution in [-0.4, -0.2) is 17.8 Å². The van der Waals surface area contributed by atoms with Crippen LogP contribution in [0.15, 0.2) is 18.2 Å². The first-order valence-corrected chi connectivity index (χ1v) is 4.27. The summed E-state index contributed by atoms with van der Waals surface area (Å²) in [4.78, 5) is 0. The molecule has 0 aliphatic rings. The van der Waals surface area contributed by atoms with Gasteiger partial charge in [-0.15, -0.1) is 0 Å². The number of halogens is 1. The van der Waals surface area contributed by atoms with Crippen LogP contribution < -0.4 is 5.32 Å². The summed E-state index contributed by atoms with van der Waals surface area (Å²) < 4.78 is 12.8. The van der Waals surface area contributed by atoms with Crippen molar-refractivity contribution in [2.45, 2.75) is 20.0 Å². The van der Waals surface area contributed by atoms with Crippen molar-refractivity contribution in [2.75, 3.05) is 11.9 Å². The first-order chi connectivity index (χ1) is 6.09. The summed E-state index contributed by atoms with van der Waals surface area (Å²) >= 11 is 0. The maximum absolute atomic E-state index is 12.8. The molecule has 2 N–H and O–H groups in total. The van der Waals surface area contributed by atoms with Gasteiger partial charge < -0.3 is 10.4 Å². The van der Waals surface area contributed by atoms with Gasteiger partial charge in [0.1, 0.15) is 5.82 Å². The number of benzene rings is 1. The highest BCUT2D eigenvalue weighted by atomic mass is 19.1. The average Bonchev–Trinajstić information content (AvgIpc) is 2.07. The fraction of sp³-hybridized carbons (Fsp3) is 0.400. The fourth-order valence-corrected chi connectivity index (χ4v) is 1.02. The van der Waals surface area contributed by atoms with Gasteiger partial charge in [-0.25, -0.2) is 4.39 Å². The second kappa shape index (κ2) is 4.23. The molecule has 0 amide bonds. The third-order valence-corrected chi connectivity index (χ3v) is 1.76. The molecule has 0 saturated heterocycles. The second-order valence-electron chi connectivity index (χ2n) is 3.19. The van der Waals surface area contributed by atoms with Crippen LogP contribution in [-0.2, 0) is 0 Å². The maximum Gasteiger partial charge on any atom is 0.126 e. The largest absolute Gasteiger partial charge is 0.392 e. The Morgan fingerprint density at radius 3 is 2.77 bits per heavy atom. The molecule has 0 aliphatic carbocycles. The molecule has 0 radical (unpaired) electrons. The topological polar surface area (TPSA) is 32.3 Å². The van der Waals surface area contributed by atoms with Crippen LogP contribution in [0.4, 0.5) is 10.1 Å². The number of hydrogen-bond acceptors (Lipinski definition) is 2. The van der Waals surface area contributed by atoms with Gasteiger partial charge in [-0.3, -0.25) is 0 Å². The van der Waals surface area contributed by atoms with Crippen LogP contribution in [0.3, 0.4) is 0 Å². The summed E-state index contributed by atoms with van der Waals surface area (Å²) in [5.41, 5.74) is 1.44. The van der Waals surface area contributed by atoms with Gasteiger partial charge in [-0.2, -0.15) is 0 Å². The zero-order valence-corrected chi connectivity index (χ0v) is 7.84. The van der Waals surface area contributed by atoms with Gasteiger partial charge in [0, 0.05) is 12.2 Å². The number of aliphatic hydroxyl groups is 1. The van der Waals surface area contributed by atoms with E-state index in [0.717, 1.165) is 5.69 Å². The SMILES string of the molecule is Cc1cc(NCC(C)O)ccc1F. The molecule has 0 fully saturated rings. The fourth-order valence-electron chi connectivity index (χ4n) is 1.02. The lowest BCUT2D eigenvalue weighted by molar-refractivity contribution is 0.208. The van der Waals surface area contributed by atoms with E-state index < -0.39 is 6.10 Å². The molecular weight excluding hydrogens is 169 g/mol. The monoisotopic (exact) mass is 183 g/mol. The molecule has 1 unspecified atom stereocenters. The van der Waals surface area contributed by atoms with Gasteiger partial charge in [-0.05, 0) is 37.6 Å². The van der Waals surface area contributed by atoms with Crippen molar-refractivity contribution in [2.24, 2.45) is 0 Å². The third-order valence-electron chi connectivity index (χ3n) is 1.76. The van der Waals surface area contributed by atoms with Crippen LogP contribution in [0.2, 0.25) is 0 Å². The molecule has 0 spiro atoms. The van der Waals surface area contributed by atoms with Gasteiger partial charge in [0.15, 0.2) is 0 Å². The number of aryl methyl sites for hydroxylation is 1. The average molecular weight is 183 g/mol. The summed E-state index contributed by atoms with van der Waals surface area (Å²) in [6, 6.07) is 4.79. The van der Waals surface area contributed by atoms with E-state index in [9.17, 15) is 4.39 Å². The lowest BCUT2D eigenvalue weighted by Gasteiger charge is -2.08. The minimum atomic E-state index is -0.398. The van der Waals surface area contributed by atoms with E-state index in [1.165, 1.54) is 6.07 Å². The van der Waals surface area contributed by atoms with Crippen molar-refractivity contribution in [1.29, 1.82) is 0 Å². The second-order valence-corrected chi connectivity index (χ2v) is 3.19. The van der Waals surface area contributed by atoms with Gasteiger partial charge in [0.2, 0.25) is 0 Å². The Morgan fingerprint density at radius 2 is 2.23 bits per heavy atom. The lowest BCUT2D eigenvalue weighted by Crippen LogP contribution is -2.15. The van der Waals surface area contributed by atoms with Gasteiger partial charge in [0.25, 0.3) is 0 Å². The standard InChI is InChI=1S/C10H14FNO/c1-7-5-9(3-4-10(7)11)12-6-8(2)13/h3-5,8,12-13H,6H2,1-2H3. The first-order valence-electron chi connectivity index (χ1n) is 4.27. The molecule has 0 saturated carbocycles. The highest BCUT2D eigenvalue weighted by Crippen LogP contribution is 2.13. The van der Waals surface area contributed by atoms with Crippen molar-refractivity contribution in [3.63, 3.8) is 0 Å². The van der Waals surface area contributed by atoms with Gasteiger partial charge in [-0.1, -0.05) is 0 Å². The minimum Gasteiger partial charge on any atom is -0.392 e. The van der Waals surface area contributed by atoms with Crippen LogP contribution >= 0.6 is 0 Å². The molecule has 0 heterocycles. The van der Waals surface area contributed by atoms with E-state index in [2.05, 4.69) is 5.32 Å². The smallest absolute Gasteiger partial charge is 0.126 e. The molecule has 1 aromatic rings. The Morgan fingerprint density at radius 1 is 1.54 bits per heavy atom. The third kappa shape index (κ3) is 3.03. The lowest BCUT2D eigenvalue weighted by atomic mass is 10.2. The Bertz CT molecular complexity index is 286. The first kappa shape index (κ1) is 9.99. The molecule has 2 nitrogen and oxygen atoms in total. The number of aliphatic hydroxyl groups excluding tert-OH is 1. The summed E-state index contributed by atoms with van der Waals surface area (Å²) in [5.74, 6) is -0.206. The zero-order valence-electron chi connectivity index (χ0n) is 7.84. The molecular formula is C10H14FNO. The Hall–Kier alpha value is -1.09. The number of nitrogens with one attached hydrogen (secondary N) is 1. The van der Waals surface area contributed by atoms with E-state index >= 15 is 0 Å². The predicted molar refractivity (Wildman–Crippen MR) is 51.3 cm³/mol. The van der Waals surface area contributed by atoms with Crippen LogP contribution in [0.5, 0.6) is 0 Å². The number of anilines is 1. The molecule has 0 aromatic heterocycles. The van der Waals surface area contributed by atoms with Crippen molar-refractivity contribution in [1.82, 2.24) is 0 Å². The van der Waals surface area contributed by atoms with E-state index in [4.69, 9.17) is 5.11 Å². The molecule has 72 valence electrons. The molecule has 1 rings (SSSR count). The van der Waals surface area contributed by atoms with E-state index in [1.807, 2.05) is 0 Å². The quantitative estimate of drug-likeness (QED) is 0.750. The Labute approximate surface area is 77.4 Å². The van der Waals surface area contributed by atoms with Crippen molar-refractivity contribution >= 4 is 5.69 Å². The van der Waals surface area contributed by atoms with Crippen molar-refractivity contribution in [3.05, 3.63) is 29.6 Å². The predicted octanol–water partition coefficient (Wildman–Crippen LogP) is 1.93. The summed E-state index contributed by atoms with van der Waals surface area (Å²) in [6.45, 7) is 3.89. The molecule has 0 aliphatic heterocycles. The number of rotatable bonds is 3. The summed E-state index contributed by atoms with van der Waals surface area (Å²) in [6.07, 6.45) is -0.398. The zero-order chi connectivity index (χ0) is 9.84. The van der Waals surface area contributed by atoms with E-state index in [1.54, 1.807) is 26.0 Å². The highest BCUT2D eigenvalue weighted by Gasteiger charge is 1.99. The molecule has 1 atom stereocenters. The van der Waals surface area contributed by atoms with Crippen LogP contribution in [0.25, 0.3) is 0 Å². The maximum atomic E-state index is 12.8. The molecule has 13 heavy (non-hydrogen) atoms. The normalized spacial score (nSPS) is 12.6.